The number of pyridine rings is 1. The molecule has 3 atom stereocenters. The molecule has 3 heterocycles. The normalized spacial score (nSPS) is 22.3. The third kappa shape index (κ3) is 2.77. The number of hydrogen-bond donors (Lipinski definition) is 2. The number of fused-ring (bicyclic) bond motifs is 3. The summed E-state index contributed by atoms with van der Waals surface area (Å²) >= 11 is 0. The number of benzene rings is 1. The van der Waals surface area contributed by atoms with Crippen LogP contribution in [-0.4, -0.2) is 40.2 Å². The van der Waals surface area contributed by atoms with E-state index in [1.54, 1.807) is 30.5 Å². The average Bonchev–Trinajstić information content (AvgIpc) is 3.24. The second-order valence-electron chi connectivity index (χ2n) is 6.64. The molecule has 1 fully saturated rings. The highest BCUT2D eigenvalue weighted by molar-refractivity contribution is 6.05. The highest BCUT2D eigenvalue weighted by Gasteiger charge is 2.41. The minimum Gasteiger partial charge on any atom is -0.491 e. The largest absolute Gasteiger partial charge is 0.491 e. The van der Waals surface area contributed by atoms with Crippen molar-refractivity contribution in [2.75, 3.05) is 6.61 Å². The van der Waals surface area contributed by atoms with Gasteiger partial charge in [-0.25, -0.2) is 8.91 Å². The maximum Gasteiger partial charge on any atom is 0.267 e. The van der Waals surface area contributed by atoms with E-state index in [1.165, 1.54) is 4.52 Å². The highest BCUT2D eigenvalue weighted by atomic mass is 19.1. The molecule has 0 bridgehead atoms. The maximum absolute atomic E-state index is 14.0. The molecule has 140 valence electrons. The van der Waals surface area contributed by atoms with Crippen molar-refractivity contribution in [2.24, 2.45) is 11.7 Å². The first-order valence-corrected chi connectivity index (χ1v) is 8.77. The molecule has 4 rings (SSSR count). The van der Waals surface area contributed by atoms with Gasteiger partial charge in [0.2, 0.25) is 0 Å². The average molecular weight is 370 g/mol. The number of hydrogen-bond acceptors (Lipinski definition) is 4. The first-order chi connectivity index (χ1) is 13.0. The monoisotopic (exact) mass is 370 g/mol. The van der Waals surface area contributed by atoms with Crippen LogP contribution in [-0.2, 0) is 4.79 Å². The molecule has 1 aromatic carbocycles. The fourth-order valence-electron chi connectivity index (χ4n) is 3.74. The second kappa shape index (κ2) is 6.53. The Balaban J connectivity index is 1.72. The highest BCUT2D eigenvalue weighted by Crippen LogP contribution is 2.32. The van der Waals surface area contributed by atoms with Crippen molar-refractivity contribution in [2.45, 2.75) is 25.6 Å². The lowest BCUT2D eigenvalue weighted by Crippen LogP contribution is -2.34. The van der Waals surface area contributed by atoms with Crippen LogP contribution in [0.15, 0.2) is 36.5 Å². The summed E-state index contributed by atoms with van der Waals surface area (Å²) in [5.74, 6) is -1.01. The summed E-state index contributed by atoms with van der Waals surface area (Å²) in [7, 11) is 0. The molecular weight excluding hydrogens is 351 g/mol. The summed E-state index contributed by atoms with van der Waals surface area (Å²) in [6.45, 7) is 2.01. The zero-order valence-electron chi connectivity index (χ0n) is 14.7. The molecule has 0 radical (unpaired) electrons. The molecule has 2 amide bonds. The van der Waals surface area contributed by atoms with E-state index in [9.17, 15) is 14.0 Å². The molecule has 0 saturated carbocycles. The number of nitrogens with two attached hydrogens (primary N) is 1. The molecule has 1 aliphatic rings. The van der Waals surface area contributed by atoms with Crippen LogP contribution in [0.3, 0.4) is 0 Å². The number of carbonyl (C=O) groups is 2. The molecule has 2 aromatic heterocycles. The summed E-state index contributed by atoms with van der Waals surface area (Å²) in [5, 5.41) is 8.38. The number of aromatic nitrogens is 2. The zero-order chi connectivity index (χ0) is 19.1. The van der Waals surface area contributed by atoms with Gasteiger partial charge in [0.25, 0.3) is 11.8 Å². The Morgan fingerprint density at radius 3 is 2.96 bits per heavy atom. The molecule has 27 heavy (non-hydrogen) atoms. The third-order valence-corrected chi connectivity index (χ3v) is 5.09. The van der Waals surface area contributed by atoms with Crippen LogP contribution < -0.4 is 15.8 Å². The fourth-order valence-corrected chi connectivity index (χ4v) is 3.74. The van der Waals surface area contributed by atoms with Gasteiger partial charge in [0.05, 0.1) is 17.8 Å². The van der Waals surface area contributed by atoms with Gasteiger partial charge in [-0.3, -0.25) is 9.59 Å². The molecule has 3 aromatic rings. The molecule has 8 heteroatoms. The van der Waals surface area contributed by atoms with Gasteiger partial charge in [-0.05, 0) is 30.0 Å². The van der Waals surface area contributed by atoms with Gasteiger partial charge in [-0.1, -0.05) is 19.1 Å². The standard InChI is InChI=1S/C19H19FN4O3/c1-2-11-12(23-19(26)17(11)20)9-27-15-5-3-4-10-8-14(18(21)25)24-13(16(10)15)6-7-22-24/h3-8,11-12,17H,2,9H2,1H3,(H2,21,25)(H,23,26)/t11?,12-,17+/m1/s1. The SMILES string of the molecule is CCC1[C@H](F)C(=O)N[C@@H]1COc1cccc2cc(C(N)=O)n3nccc3c12. The second-order valence-corrected chi connectivity index (χ2v) is 6.64. The lowest BCUT2D eigenvalue weighted by molar-refractivity contribution is -0.123. The molecule has 7 nitrogen and oxygen atoms in total. The summed E-state index contributed by atoms with van der Waals surface area (Å²) in [4.78, 5) is 23.3. The van der Waals surface area contributed by atoms with Crippen LogP contribution in [0.5, 0.6) is 5.75 Å². The smallest absolute Gasteiger partial charge is 0.267 e. The molecule has 1 saturated heterocycles. The Morgan fingerprint density at radius 1 is 1.41 bits per heavy atom. The van der Waals surface area contributed by atoms with Crippen molar-refractivity contribution in [3.63, 3.8) is 0 Å². The number of alkyl halides is 1. The third-order valence-electron chi connectivity index (χ3n) is 5.09. The van der Waals surface area contributed by atoms with Gasteiger partial charge in [-0.15, -0.1) is 0 Å². The van der Waals surface area contributed by atoms with Gasteiger partial charge >= 0.3 is 0 Å². The number of amides is 2. The van der Waals surface area contributed by atoms with Crippen molar-refractivity contribution in [1.82, 2.24) is 14.9 Å². The van der Waals surface area contributed by atoms with E-state index in [-0.39, 0.29) is 12.3 Å². The predicted molar refractivity (Wildman–Crippen MR) is 97.3 cm³/mol. The van der Waals surface area contributed by atoms with Gasteiger partial charge < -0.3 is 15.8 Å². The lowest BCUT2D eigenvalue weighted by Gasteiger charge is -2.19. The van der Waals surface area contributed by atoms with Crippen LogP contribution in [0.4, 0.5) is 4.39 Å². The number of carbonyl (C=O) groups excluding carboxylic acids is 2. The minimum atomic E-state index is -1.50. The summed E-state index contributed by atoms with van der Waals surface area (Å²) < 4.78 is 21.4. The number of nitrogens with zero attached hydrogens (tertiary/aromatic N) is 2. The Morgan fingerprint density at radius 2 is 2.22 bits per heavy atom. The molecular formula is C19H19FN4O3. The lowest BCUT2D eigenvalue weighted by atomic mass is 9.97. The van der Waals surface area contributed by atoms with Crippen LogP contribution in [0.25, 0.3) is 16.3 Å². The van der Waals surface area contributed by atoms with Crippen molar-refractivity contribution >= 4 is 28.1 Å². The van der Waals surface area contributed by atoms with Crippen LogP contribution >= 0.6 is 0 Å². The quantitative estimate of drug-likeness (QED) is 0.716. The van der Waals surface area contributed by atoms with Crippen molar-refractivity contribution < 1.29 is 18.7 Å². The number of primary amides is 1. The molecule has 3 N–H and O–H groups in total. The molecule has 0 aliphatic carbocycles. The predicted octanol–water partition coefficient (Wildman–Crippen LogP) is 1.83. The van der Waals surface area contributed by atoms with Gasteiger partial charge in [0.15, 0.2) is 6.17 Å². The zero-order valence-corrected chi connectivity index (χ0v) is 14.7. The first-order valence-electron chi connectivity index (χ1n) is 8.77. The Bertz CT molecular complexity index is 1050. The number of rotatable bonds is 5. The molecule has 1 unspecified atom stereocenters. The van der Waals surface area contributed by atoms with Crippen LogP contribution in [0.1, 0.15) is 23.8 Å². The van der Waals surface area contributed by atoms with E-state index < -0.39 is 29.9 Å². The summed E-state index contributed by atoms with van der Waals surface area (Å²) in [5.41, 5.74) is 6.41. The molecule has 0 spiro atoms. The number of halogens is 1. The Labute approximate surface area is 154 Å². The van der Waals surface area contributed by atoms with E-state index in [0.29, 0.717) is 17.7 Å². The van der Waals surface area contributed by atoms with Crippen LogP contribution in [0.2, 0.25) is 0 Å². The Hall–Kier alpha value is -3.16. The number of nitrogens with one attached hydrogen (secondary N) is 1. The minimum absolute atomic E-state index is 0.154. The van der Waals surface area contributed by atoms with E-state index in [4.69, 9.17) is 10.5 Å². The van der Waals surface area contributed by atoms with E-state index >= 15 is 0 Å². The summed E-state index contributed by atoms with van der Waals surface area (Å²) in [6.07, 6.45) is 0.615. The Kier molecular flexibility index (Phi) is 4.18. The van der Waals surface area contributed by atoms with Crippen molar-refractivity contribution in [3.05, 3.63) is 42.2 Å². The van der Waals surface area contributed by atoms with Crippen molar-refractivity contribution in [1.29, 1.82) is 0 Å². The van der Waals surface area contributed by atoms with Gasteiger partial charge in [-0.2, -0.15) is 5.10 Å². The number of ether oxygens (including phenoxy) is 1. The fraction of sp³-hybridized carbons (Fsp3) is 0.316. The van der Waals surface area contributed by atoms with E-state index in [0.717, 1.165) is 10.8 Å². The van der Waals surface area contributed by atoms with Gasteiger partial charge in [0, 0.05) is 11.3 Å². The van der Waals surface area contributed by atoms with E-state index in [2.05, 4.69) is 10.4 Å². The maximum atomic E-state index is 14.0. The van der Waals surface area contributed by atoms with Crippen LogP contribution in [0, 0.1) is 5.92 Å². The molecule has 1 aliphatic heterocycles. The topological polar surface area (TPSA) is 98.7 Å². The van der Waals surface area contributed by atoms with E-state index in [1.807, 2.05) is 13.0 Å². The van der Waals surface area contributed by atoms with Gasteiger partial charge in [0.1, 0.15) is 18.1 Å². The first kappa shape index (κ1) is 17.3. The van der Waals surface area contributed by atoms with Crippen molar-refractivity contribution in [3.8, 4) is 5.75 Å². The summed E-state index contributed by atoms with van der Waals surface area (Å²) in [6, 6.07) is 8.49.